The lowest BCUT2D eigenvalue weighted by Gasteiger charge is -2.29. The molecule has 2 unspecified atom stereocenters. The van der Waals surface area contributed by atoms with Crippen LogP contribution in [0.4, 0.5) is 11.5 Å². The third-order valence-electron chi connectivity index (χ3n) is 8.84. The number of ether oxygens (including phenoxy) is 1. The highest BCUT2D eigenvalue weighted by Gasteiger charge is 2.57. The molecule has 3 aromatic rings. The summed E-state index contributed by atoms with van der Waals surface area (Å²) in [6, 6.07) is 15.8. The Labute approximate surface area is 236 Å². The van der Waals surface area contributed by atoms with E-state index >= 15 is 0 Å². The Hall–Kier alpha value is -3.65. The van der Waals surface area contributed by atoms with E-state index in [0.29, 0.717) is 43.2 Å². The number of aryl methyl sites for hydroxylation is 1. The number of anilines is 2. The summed E-state index contributed by atoms with van der Waals surface area (Å²) in [5.41, 5.74) is 3.49. The Bertz CT molecular complexity index is 1360. The van der Waals surface area contributed by atoms with Crippen molar-refractivity contribution in [2.24, 2.45) is 24.8 Å². The molecule has 0 radical (unpaired) electrons. The van der Waals surface area contributed by atoms with Crippen molar-refractivity contribution in [1.82, 2.24) is 14.5 Å². The molecule has 0 N–H and O–H groups in total. The number of pyridine rings is 1. The summed E-state index contributed by atoms with van der Waals surface area (Å²) in [4.78, 5) is 37.8. The maximum atomic E-state index is 13.7. The molecule has 6 rings (SSSR count). The topological polar surface area (TPSA) is 70.9 Å². The normalized spacial score (nSPS) is 22.2. The molecule has 1 aliphatic carbocycles. The molecular weight excluding hydrogens is 502 g/mol. The summed E-state index contributed by atoms with van der Waals surface area (Å²) < 4.78 is 7.33. The number of carbonyl (C=O) groups is 2. The Balaban J connectivity index is 1.14. The lowest BCUT2D eigenvalue weighted by Crippen LogP contribution is -2.38. The lowest BCUT2D eigenvalue weighted by atomic mass is 9.86. The summed E-state index contributed by atoms with van der Waals surface area (Å²) >= 11 is 0. The maximum Gasteiger partial charge on any atom is 0.274 e. The van der Waals surface area contributed by atoms with E-state index in [-0.39, 0.29) is 17.2 Å². The summed E-state index contributed by atoms with van der Waals surface area (Å²) in [5.74, 6) is 2.20. The monoisotopic (exact) mass is 541 g/mol. The van der Waals surface area contributed by atoms with Crippen molar-refractivity contribution in [1.29, 1.82) is 0 Å². The zero-order valence-electron chi connectivity index (χ0n) is 23.9. The van der Waals surface area contributed by atoms with Crippen LogP contribution in [-0.2, 0) is 17.2 Å². The zero-order chi connectivity index (χ0) is 28.0. The maximum absolute atomic E-state index is 13.7. The number of aromatic nitrogens is 2. The average molecular weight is 542 g/mol. The highest BCUT2D eigenvalue weighted by atomic mass is 16.5. The summed E-state index contributed by atoms with van der Waals surface area (Å²) in [6.45, 7) is 11.7. The molecule has 2 amide bonds. The zero-order valence-corrected chi connectivity index (χ0v) is 23.9. The van der Waals surface area contributed by atoms with Crippen LogP contribution in [-0.4, -0.2) is 72.2 Å². The fraction of sp³-hybridized carbons (Fsp3) is 0.469. The molecule has 210 valence electrons. The fourth-order valence-electron chi connectivity index (χ4n) is 6.24. The van der Waals surface area contributed by atoms with Gasteiger partial charge in [0.15, 0.2) is 0 Å². The fourth-order valence-corrected chi connectivity index (χ4v) is 6.24. The lowest BCUT2D eigenvalue weighted by molar-refractivity contribution is 0.0766. The van der Waals surface area contributed by atoms with Crippen LogP contribution in [0.3, 0.4) is 0 Å². The van der Waals surface area contributed by atoms with E-state index in [2.05, 4.69) is 37.8 Å². The van der Waals surface area contributed by atoms with Gasteiger partial charge in [-0.1, -0.05) is 32.9 Å². The number of likely N-dealkylation sites (tertiary alicyclic amines) is 1. The van der Waals surface area contributed by atoms with Gasteiger partial charge in [0.2, 0.25) is 0 Å². The van der Waals surface area contributed by atoms with Crippen molar-refractivity contribution in [2.75, 3.05) is 55.7 Å². The van der Waals surface area contributed by atoms with Gasteiger partial charge < -0.3 is 24.0 Å². The van der Waals surface area contributed by atoms with Crippen LogP contribution in [0.25, 0.3) is 0 Å². The number of nitrogens with zero attached hydrogens (tertiary/aromatic N) is 5. The molecule has 0 spiro atoms. The summed E-state index contributed by atoms with van der Waals surface area (Å²) in [7, 11) is 1.90. The molecule has 1 saturated carbocycles. The van der Waals surface area contributed by atoms with E-state index in [9.17, 15) is 9.59 Å². The largest absolute Gasteiger partial charge is 0.378 e. The van der Waals surface area contributed by atoms with Gasteiger partial charge in [0, 0.05) is 51.5 Å². The molecule has 8 nitrogen and oxygen atoms in total. The van der Waals surface area contributed by atoms with E-state index in [4.69, 9.17) is 9.72 Å². The third kappa shape index (κ3) is 5.12. The van der Waals surface area contributed by atoms with Crippen molar-refractivity contribution in [2.45, 2.75) is 26.2 Å². The van der Waals surface area contributed by atoms with Gasteiger partial charge in [0.25, 0.3) is 11.8 Å². The minimum Gasteiger partial charge on any atom is -0.378 e. The number of piperidine rings is 1. The summed E-state index contributed by atoms with van der Waals surface area (Å²) in [5, 5.41) is 0. The molecule has 2 saturated heterocycles. The van der Waals surface area contributed by atoms with Crippen molar-refractivity contribution in [3.05, 3.63) is 77.7 Å². The molecule has 3 fully saturated rings. The van der Waals surface area contributed by atoms with Crippen LogP contribution in [0.15, 0.2) is 60.9 Å². The van der Waals surface area contributed by atoms with E-state index in [1.807, 2.05) is 70.2 Å². The second kappa shape index (κ2) is 10.4. The first-order chi connectivity index (χ1) is 19.2. The standard InChI is InChI=1S/C32H39N5O3/c1-32(2,3)23-9-7-22(8-10-23)30(38)36-19-25-26(20-36)27(25)21-37(31(39)28-6-5-13-34(28)4)24-11-12-29(33-18-24)35-14-16-40-17-15-35/h5-13,18,25-27H,14-17,19-21H2,1-4H3. The van der Waals surface area contributed by atoms with Gasteiger partial charge in [-0.2, -0.15) is 0 Å². The number of morpholine rings is 1. The number of amides is 2. The van der Waals surface area contributed by atoms with E-state index in [1.165, 1.54) is 5.56 Å². The summed E-state index contributed by atoms with van der Waals surface area (Å²) in [6.07, 6.45) is 3.72. The molecule has 40 heavy (non-hydrogen) atoms. The smallest absolute Gasteiger partial charge is 0.274 e. The van der Waals surface area contributed by atoms with E-state index < -0.39 is 0 Å². The Kier molecular flexibility index (Phi) is 6.90. The van der Waals surface area contributed by atoms with Gasteiger partial charge >= 0.3 is 0 Å². The van der Waals surface area contributed by atoms with Crippen molar-refractivity contribution in [3.8, 4) is 0 Å². The molecular formula is C32H39N5O3. The molecule has 2 atom stereocenters. The van der Waals surface area contributed by atoms with Gasteiger partial charge in [-0.25, -0.2) is 4.98 Å². The van der Waals surface area contributed by atoms with Crippen LogP contribution in [0.5, 0.6) is 0 Å². The molecule has 4 heterocycles. The van der Waals surface area contributed by atoms with Crippen molar-refractivity contribution in [3.63, 3.8) is 0 Å². The van der Waals surface area contributed by atoms with Crippen LogP contribution >= 0.6 is 0 Å². The number of rotatable bonds is 6. The minimum atomic E-state index is -0.0229. The minimum absolute atomic E-state index is 0.0229. The first-order valence-electron chi connectivity index (χ1n) is 14.3. The number of fused-ring (bicyclic) bond motifs is 1. The van der Waals surface area contributed by atoms with Crippen LogP contribution in [0.1, 0.15) is 47.2 Å². The molecule has 2 aromatic heterocycles. The Morgan fingerprint density at radius 3 is 2.27 bits per heavy atom. The SMILES string of the molecule is Cn1cccc1C(=O)N(CC1C2CN(C(=O)c3ccc(C(C)(C)C)cc3)CC21)c1ccc(N2CCOCC2)nc1. The van der Waals surface area contributed by atoms with Gasteiger partial charge in [-0.15, -0.1) is 0 Å². The molecule has 2 aliphatic heterocycles. The van der Waals surface area contributed by atoms with Gasteiger partial charge in [0.05, 0.1) is 25.1 Å². The predicted molar refractivity (Wildman–Crippen MR) is 156 cm³/mol. The molecule has 1 aromatic carbocycles. The van der Waals surface area contributed by atoms with Crippen LogP contribution < -0.4 is 9.80 Å². The molecule has 3 aliphatic rings. The average Bonchev–Trinajstić information content (AvgIpc) is 3.26. The number of hydrogen-bond acceptors (Lipinski definition) is 5. The number of carbonyl (C=O) groups excluding carboxylic acids is 2. The van der Waals surface area contributed by atoms with E-state index in [1.54, 1.807) is 0 Å². The second-order valence-corrected chi connectivity index (χ2v) is 12.4. The van der Waals surface area contributed by atoms with Crippen molar-refractivity contribution >= 4 is 23.3 Å². The quantitative estimate of drug-likeness (QED) is 0.468. The number of benzene rings is 1. The second-order valence-electron chi connectivity index (χ2n) is 12.4. The first kappa shape index (κ1) is 26.6. The van der Waals surface area contributed by atoms with Crippen LogP contribution in [0.2, 0.25) is 0 Å². The predicted octanol–water partition coefficient (Wildman–Crippen LogP) is 4.22. The Morgan fingerprint density at radius 2 is 1.70 bits per heavy atom. The van der Waals surface area contributed by atoms with Crippen LogP contribution in [0, 0.1) is 17.8 Å². The Morgan fingerprint density at radius 1 is 1.00 bits per heavy atom. The first-order valence-corrected chi connectivity index (χ1v) is 14.3. The molecule has 0 bridgehead atoms. The third-order valence-corrected chi connectivity index (χ3v) is 8.84. The molecule has 8 heteroatoms. The van der Waals surface area contributed by atoms with Gasteiger partial charge in [-0.3, -0.25) is 9.59 Å². The highest BCUT2D eigenvalue weighted by Crippen LogP contribution is 2.52. The van der Waals surface area contributed by atoms with Crippen molar-refractivity contribution < 1.29 is 14.3 Å². The van der Waals surface area contributed by atoms with E-state index in [0.717, 1.165) is 43.2 Å². The van der Waals surface area contributed by atoms with Gasteiger partial charge in [-0.05, 0) is 65.1 Å². The van der Waals surface area contributed by atoms with Gasteiger partial charge in [0.1, 0.15) is 11.5 Å². The number of hydrogen-bond donors (Lipinski definition) is 0. The highest BCUT2D eigenvalue weighted by molar-refractivity contribution is 6.05.